The van der Waals surface area contributed by atoms with E-state index in [1.165, 1.54) is 21.3 Å². The molecule has 0 aromatic heterocycles. The fraction of sp³-hybridized carbons (Fsp3) is 0.467. The molecule has 0 fully saturated rings. The lowest BCUT2D eigenvalue weighted by Crippen LogP contribution is -2.39. The number of alkyl halides is 1. The third kappa shape index (κ3) is 2.65. The highest BCUT2D eigenvalue weighted by Crippen LogP contribution is 2.51. The Hall–Kier alpha value is -1.76. The van der Waals surface area contributed by atoms with E-state index in [0.717, 1.165) is 5.56 Å². The first kappa shape index (κ1) is 16.6. The van der Waals surface area contributed by atoms with E-state index in [1.54, 1.807) is 12.1 Å². The van der Waals surface area contributed by atoms with E-state index in [4.69, 9.17) is 14.2 Å². The van der Waals surface area contributed by atoms with Crippen molar-refractivity contribution < 1.29 is 19.1 Å². The van der Waals surface area contributed by atoms with Crippen LogP contribution in [0.4, 0.5) is 0 Å². The molecule has 2 unspecified atom stereocenters. The lowest BCUT2D eigenvalue weighted by Gasteiger charge is -2.31. The first-order valence-corrected chi connectivity index (χ1v) is 7.56. The monoisotopic (exact) mass is 371 g/mol. The molecule has 2 atom stereocenters. The van der Waals surface area contributed by atoms with Crippen LogP contribution in [0.1, 0.15) is 24.3 Å². The molecule has 0 spiro atoms. The van der Waals surface area contributed by atoms with Gasteiger partial charge in [-0.1, -0.05) is 18.2 Å². The number of hydrogen-bond donors (Lipinski definition) is 0. The van der Waals surface area contributed by atoms with Gasteiger partial charge in [-0.25, -0.2) is 0 Å². The number of allylic oxidation sites excluding steroid dienone is 1. The molecule has 1 aromatic carbocycles. The number of nitro groups is 1. The Morgan fingerprint density at radius 2 is 1.86 bits per heavy atom. The topological polar surface area (TPSA) is 70.8 Å². The van der Waals surface area contributed by atoms with Crippen LogP contribution in [0.25, 0.3) is 0 Å². The number of methoxy groups -OCH3 is 3. The molecule has 22 heavy (non-hydrogen) atoms. The standard InChI is InChI=1S/C15H18BrNO5/c1-20-12-8-7-10(13(21-2)14(12)22-3)11-6-4-5-9-15(11,16)17(18)19/h4-5,7-8,11H,6,9H2,1-3H3. The van der Waals surface area contributed by atoms with Crippen molar-refractivity contribution in [3.8, 4) is 17.2 Å². The quantitative estimate of drug-likeness (QED) is 0.260. The first-order chi connectivity index (χ1) is 10.5. The summed E-state index contributed by atoms with van der Waals surface area (Å²) in [7, 11) is 4.56. The molecule has 1 aliphatic carbocycles. The van der Waals surface area contributed by atoms with Crippen LogP contribution in [0.2, 0.25) is 0 Å². The molecule has 0 aliphatic heterocycles. The Morgan fingerprint density at radius 1 is 1.18 bits per heavy atom. The zero-order valence-electron chi connectivity index (χ0n) is 12.7. The highest BCUT2D eigenvalue weighted by atomic mass is 79.9. The van der Waals surface area contributed by atoms with Crippen molar-refractivity contribution in [2.45, 2.75) is 23.2 Å². The number of hydrogen-bond acceptors (Lipinski definition) is 5. The van der Waals surface area contributed by atoms with Gasteiger partial charge in [-0.05, 0) is 12.5 Å². The van der Waals surface area contributed by atoms with Gasteiger partial charge in [0, 0.05) is 32.8 Å². The summed E-state index contributed by atoms with van der Waals surface area (Å²) in [6, 6.07) is 3.53. The van der Waals surface area contributed by atoms with Crippen LogP contribution in [0, 0.1) is 10.1 Å². The van der Waals surface area contributed by atoms with E-state index in [0.29, 0.717) is 30.1 Å². The molecule has 2 rings (SSSR count). The van der Waals surface area contributed by atoms with Gasteiger partial charge in [0.1, 0.15) is 0 Å². The molecule has 0 saturated heterocycles. The molecule has 1 aromatic rings. The Balaban J connectivity index is 2.60. The van der Waals surface area contributed by atoms with Crippen molar-refractivity contribution in [2.24, 2.45) is 0 Å². The van der Waals surface area contributed by atoms with Crippen LogP contribution in [-0.2, 0) is 0 Å². The summed E-state index contributed by atoms with van der Waals surface area (Å²) in [6.07, 6.45) is 4.62. The van der Waals surface area contributed by atoms with E-state index < -0.39 is 4.45 Å². The molecular weight excluding hydrogens is 354 g/mol. The second kappa shape index (κ2) is 6.56. The maximum atomic E-state index is 11.6. The number of halogens is 1. The molecule has 0 saturated carbocycles. The van der Waals surface area contributed by atoms with E-state index >= 15 is 0 Å². The Bertz CT molecular complexity index is 604. The van der Waals surface area contributed by atoms with Crippen molar-refractivity contribution in [1.29, 1.82) is 0 Å². The van der Waals surface area contributed by atoms with Crippen molar-refractivity contribution in [3.05, 3.63) is 40.0 Å². The Morgan fingerprint density at radius 3 is 2.41 bits per heavy atom. The van der Waals surface area contributed by atoms with Crippen LogP contribution in [0.3, 0.4) is 0 Å². The summed E-state index contributed by atoms with van der Waals surface area (Å²) >= 11 is 3.33. The van der Waals surface area contributed by atoms with Gasteiger partial charge in [0.25, 0.3) is 4.45 Å². The predicted molar refractivity (Wildman–Crippen MR) is 85.9 cm³/mol. The third-order valence-corrected chi connectivity index (χ3v) is 5.06. The molecule has 1 aliphatic rings. The van der Waals surface area contributed by atoms with E-state index in [9.17, 15) is 10.1 Å². The van der Waals surface area contributed by atoms with Crippen LogP contribution < -0.4 is 14.2 Å². The number of nitrogens with zero attached hydrogens (tertiary/aromatic N) is 1. The highest BCUT2D eigenvalue weighted by Gasteiger charge is 2.50. The van der Waals surface area contributed by atoms with Crippen LogP contribution in [0.5, 0.6) is 17.2 Å². The first-order valence-electron chi connectivity index (χ1n) is 6.76. The number of ether oxygens (including phenoxy) is 3. The lowest BCUT2D eigenvalue weighted by molar-refractivity contribution is -0.539. The van der Waals surface area contributed by atoms with Crippen molar-refractivity contribution in [1.82, 2.24) is 0 Å². The summed E-state index contributed by atoms with van der Waals surface area (Å²) < 4.78 is 14.8. The summed E-state index contributed by atoms with van der Waals surface area (Å²) in [5, 5.41) is 11.6. The molecule has 7 heteroatoms. The fourth-order valence-electron chi connectivity index (χ4n) is 2.77. The SMILES string of the molecule is COc1ccc(C2CC=CCC2(Br)[N+](=O)[O-])c(OC)c1OC. The van der Waals surface area contributed by atoms with Crippen molar-refractivity contribution in [3.63, 3.8) is 0 Å². The number of benzene rings is 1. The normalized spacial score (nSPS) is 23.9. The zero-order valence-corrected chi connectivity index (χ0v) is 14.3. The van der Waals surface area contributed by atoms with E-state index in [2.05, 4.69) is 15.9 Å². The fourth-order valence-corrected chi connectivity index (χ4v) is 3.39. The van der Waals surface area contributed by atoms with Gasteiger partial charge >= 0.3 is 0 Å². The lowest BCUT2D eigenvalue weighted by atomic mass is 9.83. The highest BCUT2D eigenvalue weighted by molar-refractivity contribution is 9.10. The molecule has 0 amide bonds. The summed E-state index contributed by atoms with van der Waals surface area (Å²) in [4.78, 5) is 11.3. The average molecular weight is 372 g/mol. The van der Waals surface area contributed by atoms with Gasteiger partial charge in [0.15, 0.2) is 11.5 Å². The van der Waals surface area contributed by atoms with Crippen LogP contribution in [-0.4, -0.2) is 30.7 Å². The third-order valence-electron chi connectivity index (χ3n) is 3.89. The molecule has 0 radical (unpaired) electrons. The zero-order chi connectivity index (χ0) is 16.3. The minimum absolute atomic E-state index is 0.280. The number of rotatable bonds is 5. The smallest absolute Gasteiger partial charge is 0.285 e. The van der Waals surface area contributed by atoms with Gasteiger partial charge in [-0.2, -0.15) is 0 Å². The summed E-state index contributed by atoms with van der Waals surface area (Å²) in [6.45, 7) is 0. The van der Waals surface area contributed by atoms with E-state index in [-0.39, 0.29) is 10.8 Å². The van der Waals surface area contributed by atoms with Crippen LogP contribution in [0.15, 0.2) is 24.3 Å². The average Bonchev–Trinajstić information content (AvgIpc) is 2.53. The van der Waals surface area contributed by atoms with Gasteiger partial charge in [-0.3, -0.25) is 10.1 Å². The van der Waals surface area contributed by atoms with Gasteiger partial charge in [0.05, 0.1) is 27.2 Å². The van der Waals surface area contributed by atoms with Gasteiger partial charge < -0.3 is 14.2 Å². The van der Waals surface area contributed by atoms with Crippen molar-refractivity contribution in [2.75, 3.05) is 21.3 Å². The van der Waals surface area contributed by atoms with Gasteiger partial charge in [-0.15, -0.1) is 0 Å². The second-order valence-electron chi connectivity index (χ2n) is 4.96. The van der Waals surface area contributed by atoms with Crippen LogP contribution >= 0.6 is 15.9 Å². The van der Waals surface area contributed by atoms with Crippen molar-refractivity contribution >= 4 is 15.9 Å². The van der Waals surface area contributed by atoms with E-state index in [1.807, 2.05) is 12.2 Å². The molecule has 120 valence electrons. The molecular formula is C15H18BrNO5. The molecule has 0 bridgehead atoms. The minimum atomic E-state index is -1.26. The molecule has 0 N–H and O–H groups in total. The largest absolute Gasteiger partial charge is 0.493 e. The summed E-state index contributed by atoms with van der Waals surface area (Å²) in [5.74, 6) is 1.06. The maximum Gasteiger partial charge on any atom is 0.285 e. The molecule has 0 heterocycles. The second-order valence-corrected chi connectivity index (χ2v) is 6.34. The molecule has 6 nitrogen and oxygen atoms in total. The Kier molecular flexibility index (Phi) is 4.95. The van der Waals surface area contributed by atoms with Gasteiger partial charge in [0.2, 0.25) is 5.75 Å². The minimum Gasteiger partial charge on any atom is -0.493 e. The maximum absolute atomic E-state index is 11.6. The summed E-state index contributed by atoms with van der Waals surface area (Å²) in [5.41, 5.74) is 0.720. The Labute approximate surface area is 137 Å². The predicted octanol–water partition coefficient (Wildman–Crippen LogP) is 3.51.